The number of esters is 1. The number of carbonyl (C=O) groups excluding carboxylic acids is 1. The topological polar surface area (TPSA) is 65.2 Å². The summed E-state index contributed by atoms with van der Waals surface area (Å²) < 4.78 is 4.79. The van der Waals surface area contributed by atoms with Gasteiger partial charge in [-0.3, -0.25) is 0 Å². The molecule has 0 bridgehead atoms. The summed E-state index contributed by atoms with van der Waals surface area (Å²) >= 11 is 1.27. The second kappa shape index (κ2) is 5.18. The van der Waals surface area contributed by atoms with Gasteiger partial charge in [0.15, 0.2) is 0 Å². The molecule has 0 radical (unpaired) electrons. The zero-order valence-electron chi connectivity index (χ0n) is 11.7. The van der Waals surface area contributed by atoms with E-state index >= 15 is 0 Å². The van der Waals surface area contributed by atoms with Gasteiger partial charge < -0.3 is 10.5 Å². The van der Waals surface area contributed by atoms with Crippen LogP contribution in [-0.2, 0) is 4.74 Å². The SMILES string of the molecule is COC(=O)c1sc2nc(C)cc(-c3ccccc3)c2c1N. The number of thiophene rings is 1. The lowest BCUT2D eigenvalue weighted by molar-refractivity contribution is 0.0607. The normalized spacial score (nSPS) is 10.8. The van der Waals surface area contributed by atoms with Gasteiger partial charge in [-0.2, -0.15) is 0 Å². The van der Waals surface area contributed by atoms with Gasteiger partial charge in [-0.25, -0.2) is 9.78 Å². The standard InChI is InChI=1S/C16H14N2O2S/c1-9-8-11(10-6-4-3-5-7-10)12-13(17)14(16(19)20-2)21-15(12)18-9/h3-8H,17H2,1-2H3. The summed E-state index contributed by atoms with van der Waals surface area (Å²) in [4.78, 5) is 17.5. The Bertz CT molecular complexity index is 825. The van der Waals surface area contributed by atoms with Crippen LogP contribution in [-0.4, -0.2) is 18.1 Å². The van der Waals surface area contributed by atoms with E-state index in [4.69, 9.17) is 10.5 Å². The number of anilines is 1. The number of nitrogen functional groups attached to an aromatic ring is 1. The quantitative estimate of drug-likeness (QED) is 0.734. The third-order valence-corrected chi connectivity index (χ3v) is 4.36. The van der Waals surface area contributed by atoms with Gasteiger partial charge in [-0.15, -0.1) is 11.3 Å². The average Bonchev–Trinajstić information content (AvgIpc) is 2.83. The number of pyridine rings is 1. The molecule has 2 aromatic heterocycles. The van der Waals surface area contributed by atoms with Crippen molar-refractivity contribution < 1.29 is 9.53 Å². The lowest BCUT2D eigenvalue weighted by Crippen LogP contribution is -2.01. The number of methoxy groups -OCH3 is 1. The number of aromatic nitrogens is 1. The van der Waals surface area contributed by atoms with E-state index in [1.54, 1.807) is 0 Å². The van der Waals surface area contributed by atoms with Crippen LogP contribution in [0.5, 0.6) is 0 Å². The van der Waals surface area contributed by atoms with E-state index in [-0.39, 0.29) is 0 Å². The number of rotatable bonds is 2. The van der Waals surface area contributed by atoms with Gasteiger partial charge in [0, 0.05) is 11.1 Å². The molecule has 3 rings (SSSR count). The van der Waals surface area contributed by atoms with Crippen LogP contribution in [0.4, 0.5) is 5.69 Å². The minimum atomic E-state index is -0.424. The number of ether oxygens (including phenoxy) is 1. The van der Waals surface area contributed by atoms with Crippen molar-refractivity contribution in [1.82, 2.24) is 4.98 Å². The number of hydrogen-bond acceptors (Lipinski definition) is 5. The molecule has 4 nitrogen and oxygen atoms in total. The highest BCUT2D eigenvalue weighted by Crippen LogP contribution is 2.39. The molecular formula is C16H14N2O2S. The molecule has 0 spiro atoms. The summed E-state index contributed by atoms with van der Waals surface area (Å²) in [6, 6.07) is 11.9. The lowest BCUT2D eigenvalue weighted by atomic mass is 10.0. The van der Waals surface area contributed by atoms with Crippen molar-refractivity contribution in [1.29, 1.82) is 0 Å². The number of fused-ring (bicyclic) bond motifs is 1. The van der Waals surface area contributed by atoms with Gasteiger partial charge >= 0.3 is 5.97 Å². The largest absolute Gasteiger partial charge is 0.465 e. The molecule has 0 unspecified atom stereocenters. The van der Waals surface area contributed by atoms with Crippen molar-refractivity contribution in [2.24, 2.45) is 0 Å². The fourth-order valence-corrected chi connectivity index (χ4v) is 3.42. The second-order valence-corrected chi connectivity index (χ2v) is 5.69. The van der Waals surface area contributed by atoms with Crippen LogP contribution in [0.15, 0.2) is 36.4 Å². The first-order valence-electron chi connectivity index (χ1n) is 6.45. The summed E-state index contributed by atoms with van der Waals surface area (Å²) in [6.45, 7) is 1.93. The van der Waals surface area contributed by atoms with E-state index in [9.17, 15) is 4.79 Å². The Morgan fingerprint density at radius 2 is 2.00 bits per heavy atom. The Morgan fingerprint density at radius 3 is 2.67 bits per heavy atom. The maximum absolute atomic E-state index is 11.8. The van der Waals surface area contributed by atoms with Gasteiger partial charge in [0.25, 0.3) is 0 Å². The minimum Gasteiger partial charge on any atom is -0.465 e. The third kappa shape index (κ3) is 2.25. The van der Waals surface area contributed by atoms with Crippen molar-refractivity contribution >= 4 is 33.2 Å². The maximum Gasteiger partial charge on any atom is 0.350 e. The van der Waals surface area contributed by atoms with Gasteiger partial charge in [-0.05, 0) is 24.1 Å². The number of hydrogen-bond donors (Lipinski definition) is 1. The molecule has 5 heteroatoms. The molecule has 0 saturated carbocycles. The first-order valence-corrected chi connectivity index (χ1v) is 7.27. The van der Waals surface area contributed by atoms with Gasteiger partial charge in [0.05, 0.1) is 12.8 Å². The third-order valence-electron chi connectivity index (χ3n) is 3.28. The Balaban J connectivity index is 2.35. The highest BCUT2D eigenvalue weighted by atomic mass is 32.1. The van der Waals surface area contributed by atoms with Crippen LogP contribution in [0.3, 0.4) is 0 Å². The number of nitrogens with two attached hydrogens (primary N) is 1. The molecule has 0 atom stereocenters. The van der Waals surface area contributed by atoms with E-state index < -0.39 is 5.97 Å². The predicted octanol–water partition coefficient (Wildman–Crippen LogP) is 3.64. The fourth-order valence-electron chi connectivity index (χ4n) is 2.33. The Labute approximate surface area is 126 Å². The number of aryl methyl sites for hydroxylation is 1. The van der Waals surface area contributed by atoms with E-state index in [1.165, 1.54) is 18.4 Å². The molecule has 0 saturated heterocycles. The zero-order chi connectivity index (χ0) is 15.0. The summed E-state index contributed by atoms with van der Waals surface area (Å²) in [7, 11) is 1.35. The summed E-state index contributed by atoms with van der Waals surface area (Å²) in [6.07, 6.45) is 0. The first-order chi connectivity index (χ1) is 10.1. The molecule has 106 valence electrons. The predicted molar refractivity (Wildman–Crippen MR) is 85.5 cm³/mol. The first kappa shape index (κ1) is 13.6. The van der Waals surface area contributed by atoms with Crippen molar-refractivity contribution in [3.63, 3.8) is 0 Å². The van der Waals surface area contributed by atoms with E-state index in [0.29, 0.717) is 10.6 Å². The molecule has 1 aromatic carbocycles. The zero-order valence-corrected chi connectivity index (χ0v) is 12.5. The Morgan fingerprint density at radius 1 is 1.29 bits per heavy atom. The molecule has 21 heavy (non-hydrogen) atoms. The highest BCUT2D eigenvalue weighted by molar-refractivity contribution is 7.21. The van der Waals surface area contributed by atoms with Crippen molar-refractivity contribution in [2.75, 3.05) is 12.8 Å². The maximum atomic E-state index is 11.8. The van der Waals surface area contributed by atoms with E-state index in [2.05, 4.69) is 4.98 Å². The molecule has 0 fully saturated rings. The molecule has 2 N–H and O–H groups in total. The van der Waals surface area contributed by atoms with Crippen molar-refractivity contribution in [3.05, 3.63) is 47.0 Å². The molecule has 2 heterocycles. The van der Waals surface area contributed by atoms with Crippen LogP contribution >= 0.6 is 11.3 Å². The number of carbonyl (C=O) groups is 1. The number of benzene rings is 1. The van der Waals surface area contributed by atoms with E-state index in [0.717, 1.165) is 27.0 Å². The summed E-state index contributed by atoms with van der Waals surface area (Å²) in [5.74, 6) is -0.424. The Hall–Kier alpha value is -2.40. The summed E-state index contributed by atoms with van der Waals surface area (Å²) in [5, 5.41) is 0.817. The van der Waals surface area contributed by atoms with Crippen LogP contribution in [0.2, 0.25) is 0 Å². The van der Waals surface area contributed by atoms with Gasteiger partial charge in [-0.1, -0.05) is 30.3 Å². The molecule has 3 aromatic rings. The van der Waals surface area contributed by atoms with Crippen molar-refractivity contribution in [3.8, 4) is 11.1 Å². The van der Waals surface area contributed by atoms with Crippen LogP contribution in [0, 0.1) is 6.92 Å². The molecular weight excluding hydrogens is 284 g/mol. The second-order valence-electron chi connectivity index (χ2n) is 4.69. The van der Waals surface area contributed by atoms with Gasteiger partial charge in [0.2, 0.25) is 0 Å². The molecule has 0 aliphatic rings. The van der Waals surface area contributed by atoms with Gasteiger partial charge in [0.1, 0.15) is 9.71 Å². The molecule has 0 aliphatic heterocycles. The van der Waals surface area contributed by atoms with Crippen LogP contribution in [0.25, 0.3) is 21.3 Å². The van der Waals surface area contributed by atoms with Crippen LogP contribution < -0.4 is 5.73 Å². The summed E-state index contributed by atoms with van der Waals surface area (Å²) in [5.41, 5.74) is 9.54. The Kier molecular flexibility index (Phi) is 3.35. The fraction of sp³-hybridized carbons (Fsp3) is 0.125. The molecule has 0 aliphatic carbocycles. The molecule has 0 amide bonds. The van der Waals surface area contributed by atoms with E-state index in [1.807, 2.05) is 43.3 Å². The van der Waals surface area contributed by atoms with Crippen LogP contribution in [0.1, 0.15) is 15.4 Å². The van der Waals surface area contributed by atoms with Crippen molar-refractivity contribution in [2.45, 2.75) is 6.92 Å². The minimum absolute atomic E-state index is 0.405. The smallest absolute Gasteiger partial charge is 0.350 e. The lowest BCUT2D eigenvalue weighted by Gasteiger charge is -2.06. The average molecular weight is 298 g/mol. The highest BCUT2D eigenvalue weighted by Gasteiger charge is 2.20. The number of nitrogens with zero attached hydrogens (tertiary/aromatic N) is 1. The monoisotopic (exact) mass is 298 g/mol.